The van der Waals surface area contributed by atoms with E-state index in [4.69, 9.17) is 9.84 Å². The van der Waals surface area contributed by atoms with Gasteiger partial charge in [-0.2, -0.15) is 0 Å². The van der Waals surface area contributed by atoms with Gasteiger partial charge in [0.1, 0.15) is 11.4 Å². The fourth-order valence-electron chi connectivity index (χ4n) is 7.62. The maximum Gasteiger partial charge on any atom is 0.306 e. The lowest BCUT2D eigenvalue weighted by molar-refractivity contribution is -0.182. The predicted molar refractivity (Wildman–Crippen MR) is 116 cm³/mol. The lowest BCUT2D eigenvalue weighted by Gasteiger charge is -2.59. The van der Waals surface area contributed by atoms with Crippen LogP contribution in [0.4, 0.5) is 0 Å². The van der Waals surface area contributed by atoms with Gasteiger partial charge in [0.05, 0.1) is 18.9 Å². The van der Waals surface area contributed by atoms with Crippen LogP contribution in [0.1, 0.15) is 71.6 Å². The molecule has 4 rings (SSSR count). The number of hydrogen-bond donors (Lipinski definition) is 3. The van der Waals surface area contributed by atoms with Gasteiger partial charge in [-0.25, -0.2) is 0 Å². The van der Waals surface area contributed by atoms with Crippen LogP contribution in [0.3, 0.4) is 0 Å². The first-order chi connectivity index (χ1) is 15.4. The molecule has 0 bridgehead atoms. The molecule has 4 aliphatic carbocycles. The van der Waals surface area contributed by atoms with Crippen LogP contribution >= 0.6 is 0 Å². The molecule has 0 amide bonds. The Hall–Kier alpha value is -2.06. The quantitative estimate of drug-likeness (QED) is 0.403. The van der Waals surface area contributed by atoms with Crippen molar-refractivity contribution in [1.82, 2.24) is 0 Å². The molecule has 6 unspecified atom stereocenters. The molecule has 0 aromatic heterocycles. The van der Waals surface area contributed by atoms with Gasteiger partial charge in [0.25, 0.3) is 0 Å². The molecule has 4 aliphatic rings. The van der Waals surface area contributed by atoms with Crippen molar-refractivity contribution in [2.75, 3.05) is 6.61 Å². The Morgan fingerprint density at radius 1 is 1.18 bits per heavy atom. The smallest absolute Gasteiger partial charge is 0.306 e. The van der Waals surface area contributed by atoms with E-state index in [0.29, 0.717) is 25.7 Å². The highest BCUT2D eigenvalue weighted by Crippen LogP contribution is 2.67. The predicted octanol–water partition coefficient (Wildman–Crippen LogP) is 2.20. The van der Waals surface area contributed by atoms with Crippen molar-refractivity contribution in [1.29, 1.82) is 0 Å². The molecule has 0 aliphatic heterocycles. The van der Waals surface area contributed by atoms with Crippen molar-refractivity contribution >= 4 is 23.5 Å². The third-order valence-corrected chi connectivity index (χ3v) is 9.39. The standard InChI is InChI=1S/C25H34O8/c1-23-9-7-15(26)11-14(23)3-4-16-17-8-10-25(32,24(17,2)12-18(27)22(16)23)19(28)13-33-21(31)6-5-20(29)30/h3,16-18,22,27,32H,4-13H2,1-2H3,(H,29,30)/t16?,17?,18?,22?,23?,24?,25-/m0/s1. The SMILES string of the molecule is CC12CCC(=O)CC1=CCC1C2C(O)CC2(C)C1CC[C@]2(O)C(=O)COC(=O)CCC(=O)O. The summed E-state index contributed by atoms with van der Waals surface area (Å²) < 4.78 is 4.97. The Bertz CT molecular complexity index is 908. The third-order valence-electron chi connectivity index (χ3n) is 9.39. The summed E-state index contributed by atoms with van der Waals surface area (Å²) in [7, 11) is 0. The van der Waals surface area contributed by atoms with Crippen molar-refractivity contribution < 1.29 is 39.2 Å². The van der Waals surface area contributed by atoms with E-state index in [1.165, 1.54) is 0 Å². The highest BCUT2D eigenvalue weighted by molar-refractivity contribution is 5.91. The number of rotatable bonds is 6. The molecule has 0 aromatic rings. The monoisotopic (exact) mass is 462 g/mol. The molecule has 0 heterocycles. The van der Waals surface area contributed by atoms with E-state index in [-0.39, 0.29) is 54.6 Å². The maximum atomic E-state index is 13.1. The van der Waals surface area contributed by atoms with Crippen LogP contribution in [0.5, 0.6) is 0 Å². The van der Waals surface area contributed by atoms with E-state index in [2.05, 4.69) is 13.0 Å². The lowest BCUT2D eigenvalue weighted by atomic mass is 9.46. The van der Waals surface area contributed by atoms with Crippen LogP contribution in [0.2, 0.25) is 0 Å². The Morgan fingerprint density at radius 3 is 2.61 bits per heavy atom. The number of aliphatic carboxylic acids is 1. The summed E-state index contributed by atoms with van der Waals surface area (Å²) in [6.07, 6.45) is 4.26. The zero-order valence-electron chi connectivity index (χ0n) is 19.3. The third kappa shape index (κ3) is 3.75. The van der Waals surface area contributed by atoms with Gasteiger partial charge in [0, 0.05) is 18.3 Å². The molecule has 0 radical (unpaired) electrons. The van der Waals surface area contributed by atoms with Gasteiger partial charge in [-0.3, -0.25) is 19.2 Å². The molecule has 0 saturated heterocycles. The second-order valence-electron chi connectivity index (χ2n) is 11.0. The molecule has 3 saturated carbocycles. The minimum atomic E-state index is -1.72. The summed E-state index contributed by atoms with van der Waals surface area (Å²) in [5, 5.41) is 31.6. The lowest BCUT2D eigenvalue weighted by Crippen LogP contribution is -2.61. The highest BCUT2D eigenvalue weighted by Gasteiger charge is 2.68. The summed E-state index contributed by atoms with van der Waals surface area (Å²) >= 11 is 0. The van der Waals surface area contributed by atoms with E-state index in [1.807, 2.05) is 6.92 Å². The number of esters is 1. The number of aliphatic hydroxyl groups excluding tert-OH is 1. The molecular formula is C25H34O8. The fourth-order valence-corrected chi connectivity index (χ4v) is 7.62. The van der Waals surface area contributed by atoms with Crippen molar-refractivity contribution in [3.63, 3.8) is 0 Å². The Labute approximate surface area is 193 Å². The molecule has 182 valence electrons. The molecular weight excluding hydrogens is 428 g/mol. The largest absolute Gasteiger partial charge is 0.481 e. The van der Waals surface area contributed by atoms with Gasteiger partial charge in [-0.1, -0.05) is 25.5 Å². The summed E-state index contributed by atoms with van der Waals surface area (Å²) in [5.41, 5.74) is -1.70. The second-order valence-corrected chi connectivity index (χ2v) is 11.0. The number of carbonyl (C=O) groups excluding carboxylic acids is 3. The summed E-state index contributed by atoms with van der Waals surface area (Å²) in [6, 6.07) is 0. The van der Waals surface area contributed by atoms with Crippen LogP contribution < -0.4 is 0 Å². The number of Topliss-reactive ketones (excluding diaryl/α,β-unsaturated/α-hetero) is 2. The summed E-state index contributed by atoms with van der Waals surface area (Å²) in [5.74, 6) is -2.17. The first kappa shape index (κ1) is 24.1. The Balaban J connectivity index is 1.53. The van der Waals surface area contributed by atoms with Gasteiger partial charge in [-0.15, -0.1) is 0 Å². The van der Waals surface area contributed by atoms with Gasteiger partial charge >= 0.3 is 11.9 Å². The molecule has 8 nitrogen and oxygen atoms in total. The number of carboxylic acid groups (broad SMARTS) is 1. The first-order valence-electron chi connectivity index (χ1n) is 11.9. The number of ketones is 2. The van der Waals surface area contributed by atoms with Crippen molar-refractivity contribution in [2.24, 2.45) is 28.6 Å². The van der Waals surface area contributed by atoms with Crippen LogP contribution in [-0.2, 0) is 23.9 Å². The average molecular weight is 463 g/mol. The van der Waals surface area contributed by atoms with Crippen molar-refractivity contribution in [3.05, 3.63) is 11.6 Å². The molecule has 0 aromatic carbocycles. The summed E-state index contributed by atoms with van der Waals surface area (Å²) in [6.45, 7) is 3.41. The zero-order valence-corrected chi connectivity index (χ0v) is 19.3. The fraction of sp³-hybridized carbons (Fsp3) is 0.760. The number of ether oxygens (including phenoxy) is 1. The number of carboxylic acids is 1. The number of hydrogen-bond acceptors (Lipinski definition) is 7. The van der Waals surface area contributed by atoms with Crippen molar-refractivity contribution in [2.45, 2.75) is 83.3 Å². The van der Waals surface area contributed by atoms with E-state index >= 15 is 0 Å². The molecule has 0 spiro atoms. The molecule has 33 heavy (non-hydrogen) atoms. The van der Waals surface area contributed by atoms with Crippen LogP contribution in [0.15, 0.2) is 11.6 Å². The Morgan fingerprint density at radius 2 is 1.91 bits per heavy atom. The minimum absolute atomic E-state index is 0.0185. The van der Waals surface area contributed by atoms with E-state index < -0.39 is 41.4 Å². The van der Waals surface area contributed by atoms with Crippen LogP contribution in [0, 0.1) is 28.6 Å². The number of allylic oxidation sites excluding steroid dienone is 2. The van der Waals surface area contributed by atoms with Gasteiger partial charge in [0.2, 0.25) is 5.78 Å². The number of carbonyl (C=O) groups is 4. The highest BCUT2D eigenvalue weighted by atomic mass is 16.5. The van der Waals surface area contributed by atoms with Gasteiger partial charge in [-0.05, 0) is 55.3 Å². The Kier molecular flexibility index (Phi) is 6.06. The summed E-state index contributed by atoms with van der Waals surface area (Å²) in [4.78, 5) is 47.5. The molecule has 3 fully saturated rings. The molecule has 8 heteroatoms. The van der Waals surface area contributed by atoms with Gasteiger partial charge in [0.15, 0.2) is 6.61 Å². The van der Waals surface area contributed by atoms with Gasteiger partial charge < -0.3 is 20.1 Å². The topological polar surface area (TPSA) is 138 Å². The minimum Gasteiger partial charge on any atom is -0.481 e. The first-order valence-corrected chi connectivity index (χ1v) is 11.9. The van der Waals surface area contributed by atoms with E-state index in [0.717, 1.165) is 12.0 Å². The number of aliphatic hydroxyl groups is 2. The maximum absolute atomic E-state index is 13.1. The number of fused-ring (bicyclic) bond motifs is 5. The van der Waals surface area contributed by atoms with E-state index in [1.54, 1.807) is 0 Å². The van der Waals surface area contributed by atoms with E-state index in [9.17, 15) is 29.4 Å². The van der Waals surface area contributed by atoms with Crippen LogP contribution in [0.25, 0.3) is 0 Å². The normalized spacial score (nSPS) is 41.9. The molecule has 7 atom stereocenters. The zero-order chi connectivity index (χ0) is 24.2. The second kappa shape index (κ2) is 8.31. The van der Waals surface area contributed by atoms with Crippen molar-refractivity contribution in [3.8, 4) is 0 Å². The average Bonchev–Trinajstić information content (AvgIpc) is 3.02. The molecule has 3 N–H and O–H groups in total. The van der Waals surface area contributed by atoms with Crippen LogP contribution in [-0.4, -0.2) is 57.1 Å².